The molecule has 0 fully saturated rings. The number of carbonyl (C=O) groups is 1. The molecule has 1 heterocycles. The molecule has 76 valence electrons. The number of hydrogen-bond acceptors (Lipinski definition) is 2. The SMILES string of the molecule is O=C(NC1=CCC=NC=C1)C(F)(F)F. The van der Waals surface area contributed by atoms with Crippen LogP contribution in [0.1, 0.15) is 6.42 Å². The Bertz CT molecular complexity index is 315. The third-order valence-electron chi connectivity index (χ3n) is 1.40. The van der Waals surface area contributed by atoms with E-state index in [1.165, 1.54) is 24.6 Å². The Labute approximate surface area is 78.0 Å². The average molecular weight is 204 g/mol. The van der Waals surface area contributed by atoms with E-state index in [2.05, 4.69) is 4.99 Å². The quantitative estimate of drug-likeness (QED) is 0.691. The Morgan fingerprint density at radius 2 is 2.21 bits per heavy atom. The van der Waals surface area contributed by atoms with Gasteiger partial charge >= 0.3 is 12.1 Å². The molecule has 0 radical (unpaired) electrons. The fourth-order valence-corrected chi connectivity index (χ4v) is 0.787. The van der Waals surface area contributed by atoms with E-state index in [1.54, 1.807) is 5.32 Å². The molecule has 0 saturated carbocycles. The molecule has 1 rings (SSSR count). The first kappa shape index (κ1) is 10.5. The first-order chi connectivity index (χ1) is 6.50. The van der Waals surface area contributed by atoms with Crippen molar-refractivity contribution < 1.29 is 18.0 Å². The molecule has 1 aliphatic heterocycles. The number of alkyl halides is 3. The van der Waals surface area contributed by atoms with Crippen molar-refractivity contribution in [2.45, 2.75) is 12.6 Å². The lowest BCUT2D eigenvalue weighted by atomic mass is 10.3. The minimum atomic E-state index is -4.86. The fraction of sp³-hybridized carbons (Fsp3) is 0.250. The number of allylic oxidation sites excluding steroid dienone is 2. The number of rotatable bonds is 1. The number of aliphatic imine (C=N–C) groups is 1. The van der Waals surface area contributed by atoms with E-state index in [4.69, 9.17) is 0 Å². The Balaban J connectivity index is 2.61. The molecule has 0 aromatic carbocycles. The average Bonchev–Trinajstić information content (AvgIpc) is 2.31. The maximum atomic E-state index is 11.8. The largest absolute Gasteiger partial charge is 0.471 e. The molecule has 0 saturated heterocycles. The smallest absolute Gasteiger partial charge is 0.318 e. The zero-order chi connectivity index (χ0) is 10.6. The third kappa shape index (κ3) is 3.04. The predicted octanol–water partition coefficient (Wildman–Crippen LogP) is 1.54. The van der Waals surface area contributed by atoms with Crippen molar-refractivity contribution in [3.05, 3.63) is 24.0 Å². The summed E-state index contributed by atoms with van der Waals surface area (Å²) < 4.78 is 35.4. The summed E-state index contributed by atoms with van der Waals surface area (Å²) in [5, 5.41) is 1.73. The first-order valence-electron chi connectivity index (χ1n) is 3.76. The van der Waals surface area contributed by atoms with Gasteiger partial charge in [-0.3, -0.25) is 9.79 Å². The second kappa shape index (κ2) is 4.08. The molecule has 1 amide bonds. The molecule has 0 unspecified atom stereocenters. The second-order valence-corrected chi connectivity index (χ2v) is 2.49. The lowest BCUT2D eigenvalue weighted by Crippen LogP contribution is -2.35. The minimum Gasteiger partial charge on any atom is -0.318 e. The zero-order valence-corrected chi connectivity index (χ0v) is 7.01. The molecule has 0 aromatic rings. The molecular formula is C8H7F3N2O. The standard InChI is InChI=1S/C8H7F3N2O/c9-8(10,11)7(14)13-6-2-1-4-12-5-3-6/h2-5H,1H2,(H,13,14). The highest BCUT2D eigenvalue weighted by Gasteiger charge is 2.38. The zero-order valence-electron chi connectivity index (χ0n) is 7.01. The highest BCUT2D eigenvalue weighted by Crippen LogP contribution is 2.15. The summed E-state index contributed by atoms with van der Waals surface area (Å²) in [6, 6.07) is 0. The van der Waals surface area contributed by atoms with Crippen molar-refractivity contribution in [1.82, 2.24) is 5.32 Å². The van der Waals surface area contributed by atoms with E-state index in [1.807, 2.05) is 0 Å². The molecule has 1 N–H and O–H groups in total. The monoisotopic (exact) mass is 204 g/mol. The number of carbonyl (C=O) groups excluding carboxylic acids is 1. The van der Waals surface area contributed by atoms with Crippen molar-refractivity contribution in [3.8, 4) is 0 Å². The number of nitrogens with one attached hydrogen (secondary N) is 1. The fourth-order valence-electron chi connectivity index (χ4n) is 0.787. The molecule has 0 spiro atoms. The van der Waals surface area contributed by atoms with Crippen LogP contribution < -0.4 is 5.32 Å². The van der Waals surface area contributed by atoms with E-state index in [0.717, 1.165) is 0 Å². The van der Waals surface area contributed by atoms with Crippen LogP contribution in [0, 0.1) is 0 Å². The summed E-state index contributed by atoms with van der Waals surface area (Å²) in [7, 11) is 0. The maximum Gasteiger partial charge on any atom is 0.471 e. The van der Waals surface area contributed by atoms with Gasteiger partial charge in [-0.15, -0.1) is 0 Å². The van der Waals surface area contributed by atoms with Crippen LogP contribution in [0.3, 0.4) is 0 Å². The Kier molecular flexibility index (Phi) is 3.06. The third-order valence-corrected chi connectivity index (χ3v) is 1.40. The molecule has 3 nitrogen and oxygen atoms in total. The predicted molar refractivity (Wildman–Crippen MR) is 44.5 cm³/mol. The van der Waals surface area contributed by atoms with E-state index in [9.17, 15) is 18.0 Å². The minimum absolute atomic E-state index is 0.102. The van der Waals surface area contributed by atoms with Crippen LogP contribution in [0.25, 0.3) is 0 Å². The normalized spacial score (nSPS) is 16.1. The Morgan fingerprint density at radius 1 is 1.50 bits per heavy atom. The van der Waals surface area contributed by atoms with Gasteiger partial charge in [0.15, 0.2) is 0 Å². The van der Waals surface area contributed by atoms with Crippen molar-refractivity contribution in [2.24, 2.45) is 4.99 Å². The molecule has 0 aromatic heterocycles. The van der Waals surface area contributed by atoms with Crippen LogP contribution in [0.5, 0.6) is 0 Å². The first-order valence-corrected chi connectivity index (χ1v) is 3.76. The van der Waals surface area contributed by atoms with Crippen LogP contribution in [-0.4, -0.2) is 18.3 Å². The molecule has 14 heavy (non-hydrogen) atoms. The van der Waals surface area contributed by atoms with E-state index >= 15 is 0 Å². The van der Waals surface area contributed by atoms with Crippen molar-refractivity contribution in [2.75, 3.05) is 0 Å². The number of hydrogen-bond donors (Lipinski definition) is 1. The molecule has 6 heteroatoms. The number of nitrogens with zero attached hydrogens (tertiary/aromatic N) is 1. The summed E-state index contributed by atoms with van der Waals surface area (Å²) >= 11 is 0. The van der Waals surface area contributed by atoms with Crippen molar-refractivity contribution in [1.29, 1.82) is 0 Å². The molecule has 0 bridgehead atoms. The molecule has 1 aliphatic rings. The summed E-state index contributed by atoms with van der Waals surface area (Å²) in [5.41, 5.74) is 0.102. The van der Waals surface area contributed by atoms with Gasteiger partial charge in [0.1, 0.15) is 0 Å². The Morgan fingerprint density at radius 3 is 2.86 bits per heavy atom. The van der Waals surface area contributed by atoms with E-state index < -0.39 is 12.1 Å². The maximum absolute atomic E-state index is 11.8. The van der Waals surface area contributed by atoms with Gasteiger partial charge in [0.05, 0.1) is 0 Å². The van der Waals surface area contributed by atoms with Crippen LogP contribution in [-0.2, 0) is 4.79 Å². The summed E-state index contributed by atoms with van der Waals surface area (Å²) in [6.45, 7) is 0. The van der Waals surface area contributed by atoms with Crippen LogP contribution in [0.4, 0.5) is 13.2 Å². The van der Waals surface area contributed by atoms with E-state index in [0.29, 0.717) is 6.42 Å². The lowest BCUT2D eigenvalue weighted by molar-refractivity contribution is -0.172. The molecular weight excluding hydrogens is 197 g/mol. The Hall–Kier alpha value is -1.59. The van der Waals surface area contributed by atoms with Gasteiger partial charge in [-0.2, -0.15) is 13.2 Å². The highest BCUT2D eigenvalue weighted by atomic mass is 19.4. The second-order valence-electron chi connectivity index (χ2n) is 2.49. The number of halogens is 3. The summed E-state index contributed by atoms with van der Waals surface area (Å²) in [6.07, 6.45) is 1.10. The highest BCUT2D eigenvalue weighted by molar-refractivity contribution is 5.83. The molecule has 0 atom stereocenters. The molecule has 0 aliphatic carbocycles. The van der Waals surface area contributed by atoms with Gasteiger partial charge in [0.2, 0.25) is 0 Å². The van der Waals surface area contributed by atoms with Crippen molar-refractivity contribution >= 4 is 12.1 Å². The number of amides is 1. The topological polar surface area (TPSA) is 41.5 Å². The lowest BCUT2D eigenvalue weighted by Gasteiger charge is -2.07. The van der Waals surface area contributed by atoms with Crippen molar-refractivity contribution in [3.63, 3.8) is 0 Å². The van der Waals surface area contributed by atoms with E-state index in [-0.39, 0.29) is 5.70 Å². The van der Waals surface area contributed by atoms with Crippen LogP contribution in [0.15, 0.2) is 29.0 Å². The summed E-state index contributed by atoms with van der Waals surface area (Å²) in [5.74, 6) is -1.98. The van der Waals surface area contributed by atoms with Gasteiger partial charge < -0.3 is 5.32 Å². The van der Waals surface area contributed by atoms with Gasteiger partial charge in [0, 0.05) is 24.5 Å². The van der Waals surface area contributed by atoms with Gasteiger partial charge in [-0.05, 0) is 6.08 Å². The van der Waals surface area contributed by atoms with Gasteiger partial charge in [-0.25, -0.2) is 0 Å². The van der Waals surface area contributed by atoms with Crippen LogP contribution >= 0.6 is 0 Å². The van der Waals surface area contributed by atoms with Gasteiger partial charge in [-0.1, -0.05) is 6.08 Å². The van der Waals surface area contributed by atoms with Gasteiger partial charge in [0.25, 0.3) is 0 Å². The van der Waals surface area contributed by atoms with Crippen LogP contribution in [0.2, 0.25) is 0 Å². The summed E-state index contributed by atoms with van der Waals surface area (Å²) in [4.78, 5) is 14.2.